The fourth-order valence-electron chi connectivity index (χ4n) is 5.60. The van der Waals surface area contributed by atoms with Crippen molar-refractivity contribution >= 4 is 22.9 Å². The highest BCUT2D eigenvalue weighted by Gasteiger charge is 2.27. The van der Waals surface area contributed by atoms with Crippen LogP contribution in [0.25, 0.3) is 28.2 Å². The summed E-state index contributed by atoms with van der Waals surface area (Å²) in [6.45, 7) is 9.39. The summed E-state index contributed by atoms with van der Waals surface area (Å²) in [5.41, 5.74) is 3.03. The predicted molar refractivity (Wildman–Crippen MR) is 169 cm³/mol. The van der Waals surface area contributed by atoms with E-state index in [1.54, 1.807) is 46.3 Å². The quantitative estimate of drug-likeness (QED) is 0.244. The van der Waals surface area contributed by atoms with Crippen LogP contribution in [0.4, 0.5) is 4.79 Å². The minimum Gasteiger partial charge on any atom is -0.490 e. The molecule has 45 heavy (non-hydrogen) atoms. The van der Waals surface area contributed by atoms with Gasteiger partial charge in [-0.3, -0.25) is 13.8 Å². The van der Waals surface area contributed by atoms with Gasteiger partial charge in [0.05, 0.1) is 47.7 Å². The first-order chi connectivity index (χ1) is 21.6. The smallest absolute Gasteiger partial charge is 0.410 e. The van der Waals surface area contributed by atoms with E-state index >= 15 is 0 Å². The Labute approximate surface area is 260 Å². The van der Waals surface area contributed by atoms with Gasteiger partial charge in [0.1, 0.15) is 5.60 Å². The lowest BCUT2D eigenvalue weighted by atomic mass is 9.98. The number of hydrogen-bond donors (Lipinski definition) is 0. The summed E-state index contributed by atoms with van der Waals surface area (Å²) in [4.78, 5) is 41.0. The number of benzene rings is 2. The van der Waals surface area contributed by atoms with E-state index in [1.807, 2.05) is 56.4 Å². The Morgan fingerprint density at radius 3 is 2.56 bits per heavy atom. The van der Waals surface area contributed by atoms with Gasteiger partial charge >= 0.3 is 6.09 Å². The van der Waals surface area contributed by atoms with Crippen molar-refractivity contribution in [1.82, 2.24) is 28.8 Å². The van der Waals surface area contributed by atoms with Crippen molar-refractivity contribution in [2.45, 2.75) is 52.2 Å². The van der Waals surface area contributed by atoms with Gasteiger partial charge in [0.2, 0.25) is 5.78 Å². The number of piperidine rings is 1. The fourth-order valence-corrected chi connectivity index (χ4v) is 5.60. The first-order valence-corrected chi connectivity index (χ1v) is 15.1. The Balaban J connectivity index is 1.13. The lowest BCUT2D eigenvalue weighted by Crippen LogP contribution is -2.42. The highest BCUT2D eigenvalue weighted by Crippen LogP contribution is 2.26. The molecule has 1 aliphatic rings. The van der Waals surface area contributed by atoms with E-state index in [-0.39, 0.29) is 17.7 Å². The SMILES string of the molecule is C[C@@H](c1cccc(-c2ncc(OCC3CCN(C(=O)OC(C)(C)C)CC3)cn2)c1)n1c(=O)ccn2c3cc(C#N)ccc3nc12. The molecule has 0 unspecified atom stereocenters. The van der Waals surface area contributed by atoms with E-state index in [1.165, 1.54) is 6.07 Å². The molecule has 1 aliphatic heterocycles. The Kier molecular flexibility index (Phi) is 7.97. The third kappa shape index (κ3) is 6.36. The number of likely N-dealkylation sites (tertiary alicyclic amines) is 1. The number of ether oxygens (including phenoxy) is 2. The van der Waals surface area contributed by atoms with Crippen molar-refractivity contribution in [3.63, 3.8) is 0 Å². The van der Waals surface area contributed by atoms with Crippen molar-refractivity contribution in [3.8, 4) is 23.2 Å². The molecule has 2 aromatic carbocycles. The van der Waals surface area contributed by atoms with E-state index < -0.39 is 5.60 Å². The first kappa shape index (κ1) is 29.8. The Morgan fingerprint density at radius 1 is 1.09 bits per heavy atom. The van der Waals surface area contributed by atoms with Gasteiger partial charge in [-0.15, -0.1) is 0 Å². The molecule has 11 heteroatoms. The summed E-state index contributed by atoms with van der Waals surface area (Å²) in [7, 11) is 0. The molecule has 0 aliphatic carbocycles. The molecular formula is C34H35N7O4. The molecule has 0 spiro atoms. The summed E-state index contributed by atoms with van der Waals surface area (Å²) in [5.74, 6) is 1.96. The number of nitrogens with zero attached hydrogens (tertiary/aromatic N) is 7. The second-order valence-corrected chi connectivity index (χ2v) is 12.4. The normalized spacial score (nSPS) is 14.8. The zero-order valence-electron chi connectivity index (χ0n) is 25.8. The number of imidazole rings is 1. The number of carbonyl (C=O) groups excluding carboxylic acids is 1. The number of hydrogen-bond acceptors (Lipinski definition) is 8. The lowest BCUT2D eigenvalue weighted by molar-refractivity contribution is 0.0165. The molecule has 6 rings (SSSR count). The Morgan fingerprint density at radius 2 is 1.84 bits per heavy atom. The van der Waals surface area contributed by atoms with Gasteiger partial charge in [0.25, 0.3) is 5.56 Å². The Bertz CT molecular complexity index is 1960. The molecule has 5 aromatic rings. The molecule has 1 saturated heterocycles. The monoisotopic (exact) mass is 605 g/mol. The van der Waals surface area contributed by atoms with Gasteiger partial charge in [-0.25, -0.2) is 19.7 Å². The van der Waals surface area contributed by atoms with Crippen LogP contribution in [0.5, 0.6) is 5.75 Å². The van der Waals surface area contributed by atoms with Gasteiger partial charge in [0.15, 0.2) is 11.6 Å². The molecular weight excluding hydrogens is 570 g/mol. The average molecular weight is 606 g/mol. The molecule has 4 heterocycles. The number of aromatic nitrogens is 5. The highest BCUT2D eigenvalue weighted by atomic mass is 16.6. The average Bonchev–Trinajstić information content (AvgIpc) is 3.40. The lowest BCUT2D eigenvalue weighted by Gasteiger charge is -2.33. The van der Waals surface area contributed by atoms with Crippen LogP contribution in [0.15, 0.2) is 71.9 Å². The van der Waals surface area contributed by atoms with Crippen LogP contribution in [-0.4, -0.2) is 60.2 Å². The maximum atomic E-state index is 13.1. The topological polar surface area (TPSA) is 128 Å². The standard InChI is InChI=1S/C34H35N7O4/c1-22(41-30(42)12-15-40-29-16-24(18-35)8-9-28(29)38-32(40)41)25-6-5-7-26(17-25)31-36-19-27(20-37-31)44-21-23-10-13-39(14-11-23)33(43)45-34(2,3)4/h5-9,12,15-17,19-20,22-23H,10-11,13-14,21H2,1-4H3/t22-/m0/s1. The van der Waals surface area contributed by atoms with Gasteiger partial charge in [-0.2, -0.15) is 5.26 Å². The zero-order valence-corrected chi connectivity index (χ0v) is 25.8. The molecule has 0 radical (unpaired) electrons. The van der Waals surface area contributed by atoms with Crippen molar-refractivity contribution in [2.75, 3.05) is 19.7 Å². The summed E-state index contributed by atoms with van der Waals surface area (Å²) in [5, 5.41) is 9.34. The molecule has 0 N–H and O–H groups in total. The van der Waals surface area contributed by atoms with E-state index in [0.29, 0.717) is 54.0 Å². The third-order valence-electron chi connectivity index (χ3n) is 8.01. The summed E-state index contributed by atoms with van der Waals surface area (Å²) >= 11 is 0. The summed E-state index contributed by atoms with van der Waals surface area (Å²) in [6, 6.07) is 16.4. The number of rotatable bonds is 6. The van der Waals surface area contributed by atoms with Crippen LogP contribution in [0, 0.1) is 17.2 Å². The van der Waals surface area contributed by atoms with Gasteiger partial charge in [-0.1, -0.05) is 18.2 Å². The molecule has 1 atom stereocenters. The highest BCUT2D eigenvalue weighted by molar-refractivity contribution is 5.81. The molecule has 1 fully saturated rings. The molecule has 0 bridgehead atoms. The van der Waals surface area contributed by atoms with Crippen molar-refractivity contribution in [2.24, 2.45) is 5.92 Å². The fraction of sp³-hybridized carbons (Fsp3) is 0.353. The number of amides is 1. The van der Waals surface area contributed by atoms with Crippen LogP contribution < -0.4 is 10.3 Å². The maximum absolute atomic E-state index is 13.1. The summed E-state index contributed by atoms with van der Waals surface area (Å²) < 4.78 is 15.0. The van der Waals surface area contributed by atoms with E-state index in [2.05, 4.69) is 16.0 Å². The van der Waals surface area contributed by atoms with Crippen LogP contribution in [0.3, 0.4) is 0 Å². The van der Waals surface area contributed by atoms with E-state index in [9.17, 15) is 14.9 Å². The molecule has 1 amide bonds. The number of fused-ring (bicyclic) bond motifs is 3. The molecule has 11 nitrogen and oxygen atoms in total. The van der Waals surface area contributed by atoms with Crippen LogP contribution in [-0.2, 0) is 4.74 Å². The van der Waals surface area contributed by atoms with Crippen molar-refractivity contribution < 1.29 is 14.3 Å². The minimum absolute atomic E-state index is 0.176. The second-order valence-electron chi connectivity index (χ2n) is 12.4. The minimum atomic E-state index is -0.502. The number of nitriles is 1. The predicted octanol–water partition coefficient (Wildman–Crippen LogP) is 5.61. The second kappa shape index (κ2) is 12.0. The molecule has 0 saturated carbocycles. The maximum Gasteiger partial charge on any atom is 0.410 e. The largest absolute Gasteiger partial charge is 0.490 e. The number of carbonyl (C=O) groups is 1. The third-order valence-corrected chi connectivity index (χ3v) is 8.01. The van der Waals surface area contributed by atoms with E-state index in [0.717, 1.165) is 29.5 Å². The Hall–Kier alpha value is -5.24. The van der Waals surface area contributed by atoms with E-state index in [4.69, 9.17) is 14.5 Å². The van der Waals surface area contributed by atoms with Gasteiger partial charge < -0.3 is 14.4 Å². The molecule has 230 valence electrons. The van der Waals surface area contributed by atoms with Crippen LogP contribution in [0.1, 0.15) is 57.7 Å². The molecule has 3 aromatic heterocycles. The van der Waals surface area contributed by atoms with Crippen molar-refractivity contribution in [1.29, 1.82) is 5.26 Å². The first-order valence-electron chi connectivity index (χ1n) is 15.1. The van der Waals surface area contributed by atoms with Crippen molar-refractivity contribution in [3.05, 3.63) is 88.6 Å². The van der Waals surface area contributed by atoms with Crippen LogP contribution >= 0.6 is 0 Å². The summed E-state index contributed by atoms with van der Waals surface area (Å²) in [6.07, 6.45) is 6.46. The zero-order chi connectivity index (χ0) is 31.7. The van der Waals surface area contributed by atoms with Gasteiger partial charge in [0, 0.05) is 30.9 Å². The van der Waals surface area contributed by atoms with Gasteiger partial charge in [-0.05, 0) is 76.3 Å². The van der Waals surface area contributed by atoms with Crippen LogP contribution in [0.2, 0.25) is 0 Å².